The summed E-state index contributed by atoms with van der Waals surface area (Å²) in [5.41, 5.74) is 2.85. The fourth-order valence-electron chi connectivity index (χ4n) is 2.83. The average molecular weight is 285 g/mol. The van der Waals surface area contributed by atoms with Crippen LogP contribution in [-0.4, -0.2) is 40.6 Å². The monoisotopic (exact) mass is 284 g/mol. The summed E-state index contributed by atoms with van der Waals surface area (Å²) < 4.78 is 0. The molecule has 0 bridgehead atoms. The molecular weight excluding hydrogens is 264 g/mol. The zero-order chi connectivity index (χ0) is 12.4. The first-order valence-electron chi connectivity index (χ1n) is 6.92. The molecule has 1 saturated heterocycles. The van der Waals surface area contributed by atoms with Gasteiger partial charge in [0.2, 0.25) is 0 Å². The standard InChI is InChI=1S/C13H20N4O.ClH/c18-13(17-7-3-1-2-4-8-17)12-10-9-14-6-5-11(10)15-16-12;/h14H,1-9H2,(H,15,16);1H. The lowest BCUT2D eigenvalue weighted by atomic mass is 10.1. The van der Waals surface area contributed by atoms with E-state index in [-0.39, 0.29) is 18.3 Å². The Morgan fingerprint density at radius 3 is 2.63 bits per heavy atom. The molecule has 6 heteroatoms. The van der Waals surface area contributed by atoms with Crippen LogP contribution in [0.5, 0.6) is 0 Å². The van der Waals surface area contributed by atoms with Crippen LogP contribution in [0.25, 0.3) is 0 Å². The van der Waals surface area contributed by atoms with Gasteiger partial charge in [-0.05, 0) is 12.8 Å². The van der Waals surface area contributed by atoms with Crippen molar-refractivity contribution in [3.05, 3.63) is 17.0 Å². The molecule has 0 atom stereocenters. The van der Waals surface area contributed by atoms with Crippen LogP contribution in [0.2, 0.25) is 0 Å². The maximum absolute atomic E-state index is 12.5. The minimum Gasteiger partial charge on any atom is -0.337 e. The van der Waals surface area contributed by atoms with Crippen LogP contribution < -0.4 is 5.32 Å². The van der Waals surface area contributed by atoms with Crippen LogP contribution in [0.1, 0.15) is 47.4 Å². The van der Waals surface area contributed by atoms with E-state index in [4.69, 9.17) is 0 Å². The molecule has 0 spiro atoms. The third-order valence-corrected chi connectivity index (χ3v) is 3.90. The number of fused-ring (bicyclic) bond motifs is 1. The summed E-state index contributed by atoms with van der Waals surface area (Å²) in [5.74, 6) is 0.109. The molecule has 106 valence electrons. The van der Waals surface area contributed by atoms with Crippen molar-refractivity contribution in [2.75, 3.05) is 19.6 Å². The highest BCUT2D eigenvalue weighted by Gasteiger charge is 2.25. The van der Waals surface area contributed by atoms with E-state index in [2.05, 4.69) is 15.5 Å². The lowest BCUT2D eigenvalue weighted by Gasteiger charge is -2.20. The highest BCUT2D eigenvalue weighted by Crippen LogP contribution is 2.19. The van der Waals surface area contributed by atoms with Crippen LogP contribution >= 0.6 is 12.4 Å². The van der Waals surface area contributed by atoms with Gasteiger partial charge >= 0.3 is 0 Å². The number of hydrogen-bond acceptors (Lipinski definition) is 3. The molecule has 2 N–H and O–H groups in total. The van der Waals surface area contributed by atoms with E-state index in [1.807, 2.05) is 4.90 Å². The van der Waals surface area contributed by atoms with Crippen molar-refractivity contribution in [2.24, 2.45) is 0 Å². The van der Waals surface area contributed by atoms with Gasteiger partial charge in [-0.15, -0.1) is 12.4 Å². The van der Waals surface area contributed by atoms with E-state index in [1.165, 1.54) is 12.8 Å². The summed E-state index contributed by atoms with van der Waals surface area (Å²) in [6.45, 7) is 3.50. The van der Waals surface area contributed by atoms with Crippen molar-refractivity contribution in [3.8, 4) is 0 Å². The summed E-state index contributed by atoms with van der Waals surface area (Å²) >= 11 is 0. The van der Waals surface area contributed by atoms with Gasteiger partial charge in [-0.3, -0.25) is 9.89 Å². The largest absolute Gasteiger partial charge is 0.337 e. The molecule has 1 aromatic rings. The van der Waals surface area contributed by atoms with Crippen LogP contribution in [0, 0.1) is 0 Å². The van der Waals surface area contributed by atoms with Gasteiger partial charge in [0, 0.05) is 43.9 Å². The van der Waals surface area contributed by atoms with E-state index in [0.717, 1.165) is 56.7 Å². The summed E-state index contributed by atoms with van der Waals surface area (Å²) in [5, 5.41) is 10.6. The number of hydrogen-bond donors (Lipinski definition) is 2. The quantitative estimate of drug-likeness (QED) is 0.821. The molecular formula is C13H21ClN4O. The molecule has 0 aromatic carbocycles. The van der Waals surface area contributed by atoms with E-state index in [9.17, 15) is 4.79 Å². The van der Waals surface area contributed by atoms with Gasteiger partial charge < -0.3 is 10.2 Å². The Kier molecular flexibility index (Phi) is 4.82. The van der Waals surface area contributed by atoms with Gasteiger partial charge in [-0.2, -0.15) is 5.10 Å². The third-order valence-electron chi connectivity index (χ3n) is 3.90. The number of H-pyrrole nitrogens is 1. The van der Waals surface area contributed by atoms with Gasteiger partial charge in [0.1, 0.15) is 0 Å². The molecule has 3 rings (SSSR count). The Bertz CT molecular complexity index is 438. The molecule has 1 aromatic heterocycles. The molecule has 19 heavy (non-hydrogen) atoms. The molecule has 1 fully saturated rings. The molecule has 0 radical (unpaired) electrons. The smallest absolute Gasteiger partial charge is 0.274 e. The topological polar surface area (TPSA) is 61.0 Å². The van der Waals surface area contributed by atoms with E-state index in [0.29, 0.717) is 5.69 Å². The number of carbonyl (C=O) groups is 1. The highest BCUT2D eigenvalue weighted by atomic mass is 35.5. The maximum atomic E-state index is 12.5. The number of nitrogens with one attached hydrogen (secondary N) is 2. The lowest BCUT2D eigenvalue weighted by Crippen LogP contribution is -2.33. The van der Waals surface area contributed by atoms with Crippen molar-refractivity contribution in [1.82, 2.24) is 20.4 Å². The molecule has 0 aliphatic carbocycles. The second-order valence-electron chi connectivity index (χ2n) is 5.16. The minimum atomic E-state index is 0. The third kappa shape index (κ3) is 2.92. The van der Waals surface area contributed by atoms with E-state index in [1.54, 1.807) is 0 Å². The molecule has 2 aliphatic rings. The molecule has 0 unspecified atom stereocenters. The van der Waals surface area contributed by atoms with Gasteiger partial charge in [0.15, 0.2) is 5.69 Å². The first-order chi connectivity index (χ1) is 8.86. The lowest BCUT2D eigenvalue weighted by molar-refractivity contribution is 0.0754. The molecule has 0 saturated carbocycles. The normalized spacial score (nSPS) is 19.3. The molecule has 5 nitrogen and oxygen atoms in total. The Morgan fingerprint density at radius 1 is 1.16 bits per heavy atom. The Balaban J connectivity index is 0.00000133. The Morgan fingerprint density at radius 2 is 1.89 bits per heavy atom. The number of likely N-dealkylation sites (tertiary alicyclic amines) is 1. The Labute approximate surface area is 119 Å². The maximum Gasteiger partial charge on any atom is 0.274 e. The first-order valence-corrected chi connectivity index (χ1v) is 6.92. The van der Waals surface area contributed by atoms with E-state index >= 15 is 0 Å². The summed E-state index contributed by atoms with van der Waals surface area (Å²) in [7, 11) is 0. The predicted octanol–water partition coefficient (Wildman–Crippen LogP) is 1.49. The fraction of sp³-hybridized carbons (Fsp3) is 0.692. The van der Waals surface area contributed by atoms with Gasteiger partial charge in [0.05, 0.1) is 0 Å². The van der Waals surface area contributed by atoms with Crippen molar-refractivity contribution >= 4 is 18.3 Å². The second kappa shape index (κ2) is 6.39. The number of aromatic amines is 1. The summed E-state index contributed by atoms with van der Waals surface area (Å²) in [4.78, 5) is 14.5. The fourth-order valence-corrected chi connectivity index (χ4v) is 2.83. The first kappa shape index (κ1) is 14.3. The number of halogens is 1. The van der Waals surface area contributed by atoms with Gasteiger partial charge in [-0.25, -0.2) is 0 Å². The van der Waals surface area contributed by atoms with Crippen LogP contribution in [0.3, 0.4) is 0 Å². The van der Waals surface area contributed by atoms with Crippen LogP contribution in [0.15, 0.2) is 0 Å². The van der Waals surface area contributed by atoms with Crippen molar-refractivity contribution in [3.63, 3.8) is 0 Å². The van der Waals surface area contributed by atoms with Crippen molar-refractivity contribution in [2.45, 2.75) is 38.6 Å². The SMILES string of the molecule is Cl.O=C(c1n[nH]c2c1CNCC2)N1CCCCCC1. The van der Waals surface area contributed by atoms with Gasteiger partial charge in [-0.1, -0.05) is 12.8 Å². The average Bonchev–Trinajstić information content (AvgIpc) is 2.65. The molecule has 3 heterocycles. The van der Waals surface area contributed by atoms with Crippen LogP contribution in [-0.2, 0) is 13.0 Å². The number of carbonyl (C=O) groups excluding carboxylic acids is 1. The Hall–Kier alpha value is -1.07. The summed E-state index contributed by atoms with van der Waals surface area (Å²) in [6, 6.07) is 0. The minimum absolute atomic E-state index is 0. The zero-order valence-electron chi connectivity index (χ0n) is 11.1. The zero-order valence-corrected chi connectivity index (χ0v) is 11.9. The van der Waals surface area contributed by atoms with E-state index < -0.39 is 0 Å². The van der Waals surface area contributed by atoms with Crippen LogP contribution in [0.4, 0.5) is 0 Å². The molecule has 2 aliphatic heterocycles. The number of nitrogens with zero attached hydrogens (tertiary/aromatic N) is 2. The number of aromatic nitrogens is 2. The summed E-state index contributed by atoms with van der Waals surface area (Å²) in [6.07, 6.45) is 5.66. The number of amides is 1. The second-order valence-corrected chi connectivity index (χ2v) is 5.16. The van der Waals surface area contributed by atoms with Gasteiger partial charge in [0.25, 0.3) is 5.91 Å². The molecule has 1 amide bonds. The number of rotatable bonds is 1. The van der Waals surface area contributed by atoms with Crippen molar-refractivity contribution < 1.29 is 4.79 Å². The predicted molar refractivity (Wildman–Crippen MR) is 75.6 cm³/mol. The highest BCUT2D eigenvalue weighted by molar-refractivity contribution is 5.94. The van der Waals surface area contributed by atoms with Crippen molar-refractivity contribution in [1.29, 1.82) is 0 Å².